The zero-order chi connectivity index (χ0) is 16.1. The first kappa shape index (κ1) is 14.8. The fraction of sp³-hybridized carbons (Fsp3) is 0.111. The van der Waals surface area contributed by atoms with Crippen molar-refractivity contribution in [1.29, 1.82) is 0 Å². The number of aryl methyl sites for hydroxylation is 1. The van der Waals surface area contributed by atoms with Crippen LogP contribution in [0.3, 0.4) is 0 Å². The predicted molar refractivity (Wildman–Crippen MR) is 93.7 cm³/mol. The lowest BCUT2D eigenvalue weighted by Gasteiger charge is -2.07. The van der Waals surface area contributed by atoms with Gasteiger partial charge in [0.15, 0.2) is 5.96 Å². The van der Waals surface area contributed by atoms with Gasteiger partial charge in [-0.15, -0.1) is 0 Å². The van der Waals surface area contributed by atoms with Crippen LogP contribution in [0.5, 0.6) is 0 Å². The Labute approximate surface area is 135 Å². The molecule has 0 atom stereocenters. The van der Waals surface area contributed by atoms with Gasteiger partial charge in [-0.05, 0) is 42.8 Å². The van der Waals surface area contributed by atoms with E-state index in [9.17, 15) is 0 Å². The van der Waals surface area contributed by atoms with Crippen LogP contribution in [0.25, 0.3) is 5.69 Å². The molecule has 0 bridgehead atoms. The van der Waals surface area contributed by atoms with Crippen molar-refractivity contribution in [3.63, 3.8) is 0 Å². The number of guanidine groups is 1. The molecule has 116 valence electrons. The van der Waals surface area contributed by atoms with Crippen LogP contribution in [0, 0.1) is 6.92 Å². The normalized spacial score (nSPS) is 11.4. The molecule has 0 spiro atoms. The summed E-state index contributed by atoms with van der Waals surface area (Å²) in [5.74, 6) is 0.401. The third-order valence-corrected chi connectivity index (χ3v) is 3.44. The Morgan fingerprint density at radius 1 is 1.17 bits per heavy atom. The molecule has 0 aliphatic heterocycles. The van der Waals surface area contributed by atoms with Crippen LogP contribution in [0.15, 0.2) is 72.0 Å². The van der Waals surface area contributed by atoms with Gasteiger partial charge in [0, 0.05) is 18.1 Å². The van der Waals surface area contributed by atoms with E-state index < -0.39 is 0 Å². The fourth-order valence-corrected chi connectivity index (χ4v) is 2.22. The van der Waals surface area contributed by atoms with Gasteiger partial charge < -0.3 is 11.1 Å². The summed E-state index contributed by atoms with van der Waals surface area (Å²) in [6.07, 6.45) is 3.67. The molecule has 3 rings (SSSR count). The highest BCUT2D eigenvalue weighted by atomic mass is 15.3. The maximum Gasteiger partial charge on any atom is 0.193 e. The Morgan fingerprint density at radius 3 is 2.74 bits per heavy atom. The summed E-state index contributed by atoms with van der Waals surface area (Å²) in [4.78, 5) is 4.39. The molecular weight excluding hydrogens is 286 g/mol. The molecule has 0 radical (unpaired) electrons. The molecule has 1 aromatic heterocycles. The van der Waals surface area contributed by atoms with Crippen LogP contribution in [-0.2, 0) is 6.54 Å². The third kappa shape index (κ3) is 3.97. The van der Waals surface area contributed by atoms with E-state index in [-0.39, 0.29) is 0 Å². The van der Waals surface area contributed by atoms with Crippen LogP contribution in [0.1, 0.15) is 11.1 Å². The van der Waals surface area contributed by atoms with Gasteiger partial charge in [0.1, 0.15) is 0 Å². The van der Waals surface area contributed by atoms with E-state index in [0.717, 1.165) is 16.9 Å². The third-order valence-electron chi connectivity index (χ3n) is 3.44. The Morgan fingerprint density at radius 2 is 2.00 bits per heavy atom. The molecule has 5 nitrogen and oxygen atoms in total. The van der Waals surface area contributed by atoms with Gasteiger partial charge >= 0.3 is 0 Å². The lowest BCUT2D eigenvalue weighted by Crippen LogP contribution is -2.22. The molecule has 1 heterocycles. The molecular formula is C18H19N5. The lowest BCUT2D eigenvalue weighted by atomic mass is 10.2. The zero-order valence-electron chi connectivity index (χ0n) is 13.0. The average Bonchev–Trinajstić information content (AvgIpc) is 3.10. The highest BCUT2D eigenvalue weighted by Gasteiger charge is 1.99. The molecule has 0 saturated heterocycles. The molecule has 0 amide bonds. The second kappa shape index (κ2) is 6.79. The van der Waals surface area contributed by atoms with Gasteiger partial charge in [0.25, 0.3) is 0 Å². The minimum Gasteiger partial charge on any atom is -0.370 e. The largest absolute Gasteiger partial charge is 0.370 e. The smallest absolute Gasteiger partial charge is 0.193 e. The number of rotatable bonds is 4. The summed E-state index contributed by atoms with van der Waals surface area (Å²) in [6.45, 7) is 2.56. The first-order valence-electron chi connectivity index (χ1n) is 7.43. The van der Waals surface area contributed by atoms with Gasteiger partial charge in [-0.3, -0.25) is 0 Å². The van der Waals surface area contributed by atoms with E-state index in [1.165, 1.54) is 5.56 Å². The van der Waals surface area contributed by atoms with Crippen molar-refractivity contribution < 1.29 is 0 Å². The van der Waals surface area contributed by atoms with Crippen LogP contribution in [0.4, 0.5) is 5.69 Å². The van der Waals surface area contributed by atoms with Gasteiger partial charge in [0.05, 0.1) is 12.2 Å². The summed E-state index contributed by atoms with van der Waals surface area (Å²) in [5.41, 5.74) is 10.2. The minimum absolute atomic E-state index is 0.401. The molecule has 2 aromatic carbocycles. The van der Waals surface area contributed by atoms with Crippen LogP contribution < -0.4 is 11.1 Å². The van der Waals surface area contributed by atoms with Gasteiger partial charge in [-0.25, -0.2) is 9.67 Å². The number of nitrogens with zero attached hydrogens (tertiary/aromatic N) is 3. The van der Waals surface area contributed by atoms with Crippen molar-refractivity contribution in [3.8, 4) is 5.69 Å². The second-order valence-electron chi connectivity index (χ2n) is 5.31. The number of hydrogen-bond acceptors (Lipinski definition) is 2. The maximum absolute atomic E-state index is 5.95. The molecule has 5 heteroatoms. The fourth-order valence-electron chi connectivity index (χ4n) is 2.22. The second-order valence-corrected chi connectivity index (χ2v) is 5.31. The Kier molecular flexibility index (Phi) is 4.38. The van der Waals surface area contributed by atoms with Crippen molar-refractivity contribution in [2.24, 2.45) is 10.7 Å². The Hall–Kier alpha value is -3.08. The molecule has 0 unspecified atom stereocenters. The number of hydrogen-bond donors (Lipinski definition) is 2. The summed E-state index contributed by atoms with van der Waals surface area (Å²) < 4.78 is 1.82. The van der Waals surface area contributed by atoms with E-state index in [1.807, 2.05) is 66.3 Å². The van der Waals surface area contributed by atoms with Crippen LogP contribution >= 0.6 is 0 Å². The molecule has 3 N–H and O–H groups in total. The summed E-state index contributed by atoms with van der Waals surface area (Å²) in [6, 6.07) is 18.0. The SMILES string of the molecule is Cc1ccc(NC(N)=NCc2cccc(-n3cccn3)c2)cc1. The highest BCUT2D eigenvalue weighted by Crippen LogP contribution is 2.11. The number of anilines is 1. The van der Waals surface area contributed by atoms with Crippen molar-refractivity contribution >= 4 is 11.6 Å². The monoisotopic (exact) mass is 305 g/mol. The van der Waals surface area contributed by atoms with E-state index in [2.05, 4.69) is 21.5 Å². The van der Waals surface area contributed by atoms with Crippen LogP contribution in [0.2, 0.25) is 0 Å². The van der Waals surface area contributed by atoms with E-state index >= 15 is 0 Å². The number of aromatic nitrogens is 2. The van der Waals surface area contributed by atoms with Crippen molar-refractivity contribution in [3.05, 3.63) is 78.1 Å². The highest BCUT2D eigenvalue weighted by molar-refractivity contribution is 5.92. The standard InChI is InChI=1S/C18H19N5/c1-14-6-8-16(9-7-14)22-18(19)20-13-15-4-2-5-17(12-15)23-11-3-10-21-23/h2-12H,13H2,1H3,(H3,19,20,22). The Balaban J connectivity index is 1.67. The van der Waals surface area contributed by atoms with Gasteiger partial charge in [-0.1, -0.05) is 29.8 Å². The molecule has 3 aromatic rings. The minimum atomic E-state index is 0.401. The molecule has 23 heavy (non-hydrogen) atoms. The zero-order valence-corrected chi connectivity index (χ0v) is 13.0. The van der Waals surface area contributed by atoms with Crippen molar-refractivity contribution in [2.75, 3.05) is 5.32 Å². The van der Waals surface area contributed by atoms with Crippen LogP contribution in [-0.4, -0.2) is 15.7 Å². The lowest BCUT2D eigenvalue weighted by molar-refractivity contribution is 0.876. The van der Waals surface area contributed by atoms with Gasteiger partial charge in [-0.2, -0.15) is 5.10 Å². The van der Waals surface area contributed by atoms with E-state index in [0.29, 0.717) is 12.5 Å². The topological polar surface area (TPSA) is 68.2 Å². The number of nitrogens with one attached hydrogen (secondary N) is 1. The summed E-state index contributed by atoms with van der Waals surface area (Å²) >= 11 is 0. The van der Waals surface area contributed by atoms with Crippen molar-refractivity contribution in [1.82, 2.24) is 9.78 Å². The summed E-state index contributed by atoms with van der Waals surface area (Å²) in [7, 11) is 0. The van der Waals surface area contributed by atoms with Crippen molar-refractivity contribution in [2.45, 2.75) is 13.5 Å². The van der Waals surface area contributed by atoms with E-state index in [1.54, 1.807) is 6.20 Å². The number of benzene rings is 2. The first-order valence-corrected chi connectivity index (χ1v) is 7.43. The predicted octanol–water partition coefficient (Wildman–Crippen LogP) is 3.11. The summed E-state index contributed by atoms with van der Waals surface area (Å²) in [5, 5.41) is 7.32. The number of nitrogens with two attached hydrogens (primary N) is 1. The molecule has 0 aliphatic rings. The number of aliphatic imine (C=N–C) groups is 1. The average molecular weight is 305 g/mol. The molecule has 0 fully saturated rings. The first-order chi connectivity index (χ1) is 11.2. The van der Waals surface area contributed by atoms with Gasteiger partial charge in [0.2, 0.25) is 0 Å². The quantitative estimate of drug-likeness (QED) is 0.575. The molecule has 0 saturated carbocycles. The van der Waals surface area contributed by atoms with E-state index in [4.69, 9.17) is 5.73 Å². The maximum atomic E-state index is 5.95. The molecule has 0 aliphatic carbocycles. The Bertz CT molecular complexity index is 789.